The third kappa shape index (κ3) is 5.56. The van der Waals surface area contributed by atoms with Gasteiger partial charge in [0.05, 0.1) is 23.9 Å². The summed E-state index contributed by atoms with van der Waals surface area (Å²) in [5, 5.41) is 6.61. The fraction of sp³-hybridized carbons (Fsp3) is 0.414. The molecule has 3 heterocycles. The number of carbonyl (C=O) groups excluding carboxylic acids is 3. The molecule has 0 radical (unpaired) electrons. The van der Waals surface area contributed by atoms with E-state index in [2.05, 4.69) is 15.5 Å². The summed E-state index contributed by atoms with van der Waals surface area (Å²) in [5.74, 6) is -0.414. The van der Waals surface area contributed by atoms with Crippen LogP contribution < -0.4 is 10.6 Å². The first-order valence-electron chi connectivity index (χ1n) is 13.3. The van der Waals surface area contributed by atoms with E-state index in [0.29, 0.717) is 29.3 Å². The second-order valence-corrected chi connectivity index (χ2v) is 10.6. The van der Waals surface area contributed by atoms with Gasteiger partial charge in [-0.2, -0.15) is 0 Å². The molecule has 0 aromatic heterocycles. The highest BCUT2D eigenvalue weighted by atomic mass is 35.5. The van der Waals surface area contributed by atoms with Crippen LogP contribution in [0.1, 0.15) is 36.4 Å². The zero-order chi connectivity index (χ0) is 26.6. The summed E-state index contributed by atoms with van der Waals surface area (Å²) in [6.45, 7) is 3.65. The summed E-state index contributed by atoms with van der Waals surface area (Å²) in [4.78, 5) is 45.9. The van der Waals surface area contributed by atoms with Crippen molar-refractivity contribution in [2.24, 2.45) is 0 Å². The molecule has 3 aliphatic rings. The van der Waals surface area contributed by atoms with Crippen LogP contribution in [0.2, 0.25) is 5.02 Å². The number of nitrogens with zero attached hydrogens (tertiary/aromatic N) is 3. The first-order valence-corrected chi connectivity index (χ1v) is 13.7. The second kappa shape index (κ2) is 11.6. The van der Waals surface area contributed by atoms with E-state index in [0.717, 1.165) is 30.8 Å². The maximum Gasteiger partial charge on any atom is 0.322 e. The Hall–Kier alpha value is -3.36. The highest BCUT2D eigenvalue weighted by Crippen LogP contribution is 2.37. The Kier molecular flexibility index (Phi) is 8.00. The highest BCUT2D eigenvalue weighted by Gasteiger charge is 2.46. The lowest BCUT2D eigenvalue weighted by atomic mass is 9.95. The zero-order valence-electron chi connectivity index (χ0n) is 21.7. The van der Waals surface area contributed by atoms with E-state index in [1.54, 1.807) is 24.1 Å². The molecule has 1 saturated heterocycles. The lowest BCUT2D eigenvalue weighted by Gasteiger charge is -2.31. The molecule has 2 aromatic rings. The van der Waals surface area contributed by atoms with Gasteiger partial charge in [0.25, 0.3) is 5.91 Å². The van der Waals surface area contributed by atoms with Crippen LogP contribution in [-0.2, 0) is 16.0 Å². The van der Waals surface area contributed by atoms with Gasteiger partial charge in [0.1, 0.15) is 6.04 Å². The first-order chi connectivity index (χ1) is 18.4. The van der Waals surface area contributed by atoms with E-state index in [9.17, 15) is 14.4 Å². The Morgan fingerprint density at radius 1 is 1.05 bits per heavy atom. The van der Waals surface area contributed by atoms with Crippen molar-refractivity contribution in [1.29, 1.82) is 0 Å². The minimum atomic E-state index is -0.703. The molecule has 2 aromatic carbocycles. The van der Waals surface area contributed by atoms with Crippen molar-refractivity contribution in [3.63, 3.8) is 0 Å². The number of rotatable bonds is 8. The Morgan fingerprint density at radius 3 is 2.47 bits per heavy atom. The van der Waals surface area contributed by atoms with Crippen LogP contribution in [0, 0.1) is 0 Å². The lowest BCUT2D eigenvalue weighted by Crippen LogP contribution is -2.51. The van der Waals surface area contributed by atoms with Crippen LogP contribution in [0.25, 0.3) is 0 Å². The van der Waals surface area contributed by atoms with Gasteiger partial charge in [-0.15, -0.1) is 0 Å². The van der Waals surface area contributed by atoms with Crippen LogP contribution in [-0.4, -0.2) is 78.4 Å². The maximum atomic E-state index is 14.0. The molecule has 2 N–H and O–H groups in total. The molecule has 0 saturated carbocycles. The third-order valence-electron chi connectivity index (χ3n) is 7.72. The summed E-state index contributed by atoms with van der Waals surface area (Å²) in [6.07, 6.45) is 4.04. The van der Waals surface area contributed by atoms with Crippen LogP contribution in [0.15, 0.2) is 65.9 Å². The summed E-state index contributed by atoms with van der Waals surface area (Å²) in [6, 6.07) is 15.2. The Morgan fingerprint density at radius 2 is 1.76 bits per heavy atom. The van der Waals surface area contributed by atoms with Gasteiger partial charge in [-0.05, 0) is 49.2 Å². The quantitative estimate of drug-likeness (QED) is 0.543. The van der Waals surface area contributed by atoms with Gasteiger partial charge < -0.3 is 20.4 Å². The van der Waals surface area contributed by atoms with E-state index < -0.39 is 12.1 Å². The molecule has 3 aliphatic heterocycles. The second-order valence-electron chi connectivity index (χ2n) is 10.2. The van der Waals surface area contributed by atoms with Crippen molar-refractivity contribution in [3.8, 4) is 0 Å². The van der Waals surface area contributed by atoms with Gasteiger partial charge in [0.2, 0.25) is 5.91 Å². The molecular weight excluding hydrogens is 502 g/mol. The Bertz CT molecular complexity index is 1210. The fourth-order valence-electron chi connectivity index (χ4n) is 5.57. The molecule has 5 rings (SSSR count). The third-order valence-corrected chi connectivity index (χ3v) is 7.97. The number of hydrogen-bond donors (Lipinski definition) is 2. The van der Waals surface area contributed by atoms with Crippen molar-refractivity contribution in [2.45, 2.75) is 37.8 Å². The van der Waals surface area contributed by atoms with Gasteiger partial charge in [-0.3, -0.25) is 14.5 Å². The summed E-state index contributed by atoms with van der Waals surface area (Å²) < 4.78 is 0. The Balaban J connectivity index is 1.38. The fourth-order valence-corrected chi connectivity index (χ4v) is 5.69. The number of likely N-dealkylation sites (tertiary alicyclic amines) is 1. The molecule has 8 nitrogen and oxygen atoms in total. The van der Waals surface area contributed by atoms with Crippen molar-refractivity contribution in [2.75, 3.05) is 39.8 Å². The number of urea groups is 1. The van der Waals surface area contributed by atoms with Crippen molar-refractivity contribution in [1.82, 2.24) is 25.3 Å². The smallest absolute Gasteiger partial charge is 0.322 e. The largest absolute Gasteiger partial charge is 0.353 e. The number of amides is 4. The van der Waals surface area contributed by atoms with Crippen molar-refractivity contribution in [3.05, 3.63) is 82.0 Å². The first kappa shape index (κ1) is 26.3. The highest BCUT2D eigenvalue weighted by molar-refractivity contribution is 6.30. The molecule has 200 valence electrons. The predicted molar refractivity (Wildman–Crippen MR) is 146 cm³/mol. The number of likely N-dealkylation sites (N-methyl/N-ethyl adjacent to an activating group) is 1. The van der Waals surface area contributed by atoms with Gasteiger partial charge in [-0.1, -0.05) is 60.5 Å². The summed E-state index contributed by atoms with van der Waals surface area (Å²) in [5.41, 5.74) is 2.86. The van der Waals surface area contributed by atoms with E-state index in [1.165, 1.54) is 24.2 Å². The molecule has 4 amide bonds. The van der Waals surface area contributed by atoms with Crippen LogP contribution in [0.4, 0.5) is 4.79 Å². The van der Waals surface area contributed by atoms with Crippen LogP contribution >= 0.6 is 11.6 Å². The summed E-state index contributed by atoms with van der Waals surface area (Å²) in [7, 11) is 1.66. The number of piperidine rings is 1. The molecule has 0 unspecified atom stereocenters. The van der Waals surface area contributed by atoms with Gasteiger partial charge >= 0.3 is 6.03 Å². The number of carbonyl (C=O) groups is 3. The molecule has 38 heavy (non-hydrogen) atoms. The molecule has 0 aliphatic carbocycles. The minimum absolute atomic E-state index is 0.177. The SMILES string of the molecule is CN1C(=O)N[C@@H](c2ccc(Cl)cc2)C2=C1CN([C@@H](Cc1ccccc1)C(=O)NCCN1CCCCC1)C2=O. The maximum absolute atomic E-state index is 14.0. The molecule has 2 atom stereocenters. The van der Waals surface area contributed by atoms with Gasteiger partial charge in [0, 0.05) is 31.6 Å². The van der Waals surface area contributed by atoms with E-state index in [-0.39, 0.29) is 24.4 Å². The molecular formula is C29H34ClN5O3. The standard InChI is InChI=1S/C29H34ClN5O3/c1-33-24-19-35(28(37)25(24)26(32-29(33)38)21-10-12-22(30)13-11-21)23(18-20-8-4-2-5-9-20)27(36)31-14-17-34-15-6-3-7-16-34/h2,4-5,8-13,23,26H,3,6-7,14-19H2,1H3,(H,31,36)(H,32,38)/t23-,26-/m0/s1. The van der Waals surface area contributed by atoms with Gasteiger partial charge in [0.15, 0.2) is 0 Å². The average Bonchev–Trinajstić information content (AvgIpc) is 3.28. The minimum Gasteiger partial charge on any atom is -0.353 e. The molecule has 0 bridgehead atoms. The lowest BCUT2D eigenvalue weighted by molar-refractivity contribution is -0.136. The topological polar surface area (TPSA) is 85.0 Å². The van der Waals surface area contributed by atoms with E-state index in [1.807, 2.05) is 42.5 Å². The molecule has 0 spiro atoms. The van der Waals surface area contributed by atoms with E-state index >= 15 is 0 Å². The van der Waals surface area contributed by atoms with Crippen LogP contribution in [0.3, 0.4) is 0 Å². The monoisotopic (exact) mass is 535 g/mol. The van der Waals surface area contributed by atoms with Gasteiger partial charge in [-0.25, -0.2) is 4.79 Å². The number of hydrogen-bond acceptors (Lipinski definition) is 4. The van der Waals surface area contributed by atoms with Crippen molar-refractivity contribution >= 4 is 29.4 Å². The Labute approximate surface area is 228 Å². The van der Waals surface area contributed by atoms with E-state index in [4.69, 9.17) is 11.6 Å². The number of nitrogens with one attached hydrogen (secondary N) is 2. The number of benzene rings is 2. The summed E-state index contributed by atoms with van der Waals surface area (Å²) >= 11 is 6.08. The average molecular weight is 536 g/mol. The van der Waals surface area contributed by atoms with Crippen molar-refractivity contribution < 1.29 is 14.4 Å². The zero-order valence-corrected chi connectivity index (χ0v) is 22.4. The molecule has 1 fully saturated rings. The number of halogens is 1. The molecule has 9 heteroatoms. The van der Waals surface area contributed by atoms with Crippen LogP contribution in [0.5, 0.6) is 0 Å². The predicted octanol–water partition coefficient (Wildman–Crippen LogP) is 3.35. The normalized spacial score (nSPS) is 20.8.